The maximum Gasteiger partial charge on any atom is 0.220 e. The Morgan fingerprint density at radius 1 is 1.00 bits per heavy atom. The molecule has 172 valence electrons. The molecule has 1 aliphatic carbocycles. The van der Waals surface area contributed by atoms with Crippen LogP contribution >= 0.6 is 11.8 Å². The molecule has 1 saturated heterocycles. The number of hydrogen-bond acceptors (Lipinski definition) is 4. The summed E-state index contributed by atoms with van der Waals surface area (Å²) in [5, 5.41) is 3.29. The minimum Gasteiger partial charge on any atom is -0.368 e. The van der Waals surface area contributed by atoms with Crippen molar-refractivity contribution in [2.75, 3.05) is 43.9 Å². The molecule has 4 rings (SSSR count). The zero-order valence-corrected chi connectivity index (χ0v) is 20.2. The van der Waals surface area contributed by atoms with Crippen molar-refractivity contribution in [1.82, 2.24) is 10.2 Å². The smallest absolute Gasteiger partial charge is 0.220 e. The minimum absolute atomic E-state index is 0.208. The quantitative estimate of drug-likeness (QED) is 0.415. The van der Waals surface area contributed by atoms with Gasteiger partial charge in [0, 0.05) is 37.5 Å². The molecule has 1 amide bonds. The third-order valence-electron chi connectivity index (χ3n) is 6.88. The highest BCUT2D eigenvalue weighted by Gasteiger charge is 2.21. The Bertz CT molecular complexity index is 879. The van der Waals surface area contributed by atoms with Crippen LogP contribution in [0, 0.1) is 0 Å². The molecule has 32 heavy (non-hydrogen) atoms. The van der Waals surface area contributed by atoms with Gasteiger partial charge in [0.2, 0.25) is 5.91 Å². The van der Waals surface area contributed by atoms with Crippen molar-refractivity contribution in [3.63, 3.8) is 0 Å². The molecule has 0 unspecified atom stereocenters. The van der Waals surface area contributed by atoms with Gasteiger partial charge in [-0.25, -0.2) is 0 Å². The maximum absolute atomic E-state index is 12.5. The van der Waals surface area contributed by atoms with E-state index in [1.165, 1.54) is 28.1 Å². The van der Waals surface area contributed by atoms with Crippen molar-refractivity contribution >= 4 is 23.4 Å². The van der Waals surface area contributed by atoms with Crippen LogP contribution in [0.3, 0.4) is 0 Å². The number of unbranched alkanes of at least 4 members (excludes halogenated alkanes) is 2. The first-order chi connectivity index (χ1) is 15.7. The highest BCUT2D eigenvalue weighted by molar-refractivity contribution is 7.98. The van der Waals surface area contributed by atoms with E-state index in [4.69, 9.17) is 0 Å². The van der Waals surface area contributed by atoms with E-state index in [2.05, 4.69) is 69.9 Å². The molecule has 4 nitrogen and oxygen atoms in total. The number of nitrogens with zero attached hydrogens (tertiary/aromatic N) is 2. The van der Waals surface area contributed by atoms with E-state index in [0.29, 0.717) is 6.42 Å². The molecule has 5 heteroatoms. The Kier molecular flexibility index (Phi) is 8.52. The van der Waals surface area contributed by atoms with E-state index >= 15 is 0 Å². The summed E-state index contributed by atoms with van der Waals surface area (Å²) in [6, 6.07) is 17.5. The third-order valence-corrected chi connectivity index (χ3v) is 7.67. The Labute approximate surface area is 197 Å². The number of benzene rings is 2. The number of piperazine rings is 1. The number of para-hydroxylation sites is 1. The average Bonchev–Trinajstić information content (AvgIpc) is 2.84. The maximum atomic E-state index is 12.5. The fourth-order valence-corrected chi connectivity index (χ4v) is 5.69. The molecule has 1 atom stereocenters. The van der Waals surface area contributed by atoms with Gasteiger partial charge >= 0.3 is 0 Å². The Balaban J connectivity index is 1.11. The number of rotatable bonds is 9. The Morgan fingerprint density at radius 2 is 1.78 bits per heavy atom. The zero-order chi connectivity index (χ0) is 22.2. The van der Waals surface area contributed by atoms with Crippen LogP contribution in [0.15, 0.2) is 53.4 Å². The predicted molar refractivity (Wildman–Crippen MR) is 136 cm³/mol. The van der Waals surface area contributed by atoms with Crippen LogP contribution in [0.25, 0.3) is 0 Å². The van der Waals surface area contributed by atoms with Crippen LogP contribution in [0.4, 0.5) is 5.69 Å². The molecule has 0 bridgehead atoms. The van der Waals surface area contributed by atoms with E-state index in [0.717, 1.165) is 64.8 Å². The number of carbonyl (C=O) groups excluding carboxylic acids is 1. The second-order valence-electron chi connectivity index (χ2n) is 9.02. The Hall–Kier alpha value is -1.98. The van der Waals surface area contributed by atoms with Crippen molar-refractivity contribution in [3.05, 3.63) is 59.7 Å². The lowest BCUT2D eigenvalue weighted by atomic mass is 9.87. The molecule has 1 N–H and O–H groups in total. The van der Waals surface area contributed by atoms with Crippen LogP contribution < -0.4 is 10.2 Å². The van der Waals surface area contributed by atoms with Gasteiger partial charge < -0.3 is 10.2 Å². The second kappa shape index (κ2) is 11.8. The van der Waals surface area contributed by atoms with Crippen molar-refractivity contribution < 1.29 is 4.79 Å². The van der Waals surface area contributed by atoms with Crippen LogP contribution in [0.2, 0.25) is 0 Å². The molecular weight excluding hydrogens is 414 g/mol. The van der Waals surface area contributed by atoms with E-state index in [1.54, 1.807) is 0 Å². The topological polar surface area (TPSA) is 35.6 Å². The highest BCUT2D eigenvalue weighted by Crippen LogP contribution is 2.30. The summed E-state index contributed by atoms with van der Waals surface area (Å²) in [5.41, 5.74) is 4.11. The number of amides is 1. The van der Waals surface area contributed by atoms with Crippen molar-refractivity contribution in [1.29, 1.82) is 0 Å². The first-order valence-electron chi connectivity index (χ1n) is 12.2. The molecular formula is C27H37N3OS. The standard InChI is InChI=1S/C27H37N3OS/c1-32-26-15-7-6-14-25(26)30-20-18-29(19-21-30)17-8-2-3-16-27(31)28-24-13-9-11-22-10-4-5-12-23(22)24/h4-7,10,12,14-15,24H,2-3,8-9,11,13,16-21H2,1H3,(H,28,31)/t24-/m0/s1. The van der Waals surface area contributed by atoms with Gasteiger partial charge in [-0.15, -0.1) is 11.8 Å². The summed E-state index contributed by atoms with van der Waals surface area (Å²) >= 11 is 1.83. The SMILES string of the molecule is CSc1ccccc1N1CCN(CCCCCC(=O)N[C@H]2CCCc3ccccc32)CC1. The van der Waals surface area contributed by atoms with Crippen LogP contribution in [0.1, 0.15) is 55.7 Å². The normalized spacial score (nSPS) is 18.9. The lowest BCUT2D eigenvalue weighted by Crippen LogP contribution is -2.46. The molecule has 1 fully saturated rings. The summed E-state index contributed by atoms with van der Waals surface area (Å²) in [7, 11) is 0. The van der Waals surface area contributed by atoms with Crippen LogP contribution in [-0.2, 0) is 11.2 Å². The number of fused-ring (bicyclic) bond motifs is 1. The third kappa shape index (κ3) is 6.08. The van der Waals surface area contributed by atoms with Gasteiger partial charge in [0.1, 0.15) is 0 Å². The number of thioether (sulfide) groups is 1. The molecule has 1 aliphatic heterocycles. The van der Waals surface area contributed by atoms with E-state index in [9.17, 15) is 4.79 Å². The fourth-order valence-electron chi connectivity index (χ4n) is 5.07. The van der Waals surface area contributed by atoms with Crippen molar-refractivity contribution in [3.8, 4) is 0 Å². The van der Waals surface area contributed by atoms with Gasteiger partial charge in [-0.2, -0.15) is 0 Å². The van der Waals surface area contributed by atoms with E-state index in [1.807, 2.05) is 11.8 Å². The zero-order valence-electron chi connectivity index (χ0n) is 19.4. The first kappa shape index (κ1) is 23.2. The van der Waals surface area contributed by atoms with Crippen LogP contribution in [0.5, 0.6) is 0 Å². The monoisotopic (exact) mass is 451 g/mol. The molecule has 0 saturated carbocycles. The second-order valence-corrected chi connectivity index (χ2v) is 9.87. The van der Waals surface area contributed by atoms with Crippen molar-refractivity contribution in [2.45, 2.75) is 55.9 Å². The lowest BCUT2D eigenvalue weighted by Gasteiger charge is -2.36. The minimum atomic E-state index is 0.208. The number of anilines is 1. The molecule has 2 aromatic carbocycles. The van der Waals surface area contributed by atoms with E-state index < -0.39 is 0 Å². The Morgan fingerprint density at radius 3 is 2.62 bits per heavy atom. The molecule has 2 aliphatic rings. The van der Waals surface area contributed by atoms with Gasteiger partial charge in [0.15, 0.2) is 0 Å². The summed E-state index contributed by atoms with van der Waals surface area (Å²) in [4.78, 5) is 19.0. The van der Waals surface area contributed by atoms with Gasteiger partial charge in [0.05, 0.1) is 11.7 Å². The van der Waals surface area contributed by atoms with Gasteiger partial charge in [-0.3, -0.25) is 9.69 Å². The van der Waals surface area contributed by atoms with Gasteiger partial charge in [-0.1, -0.05) is 42.8 Å². The van der Waals surface area contributed by atoms with Crippen LogP contribution in [-0.4, -0.2) is 49.8 Å². The highest BCUT2D eigenvalue weighted by atomic mass is 32.2. The predicted octanol–water partition coefficient (Wildman–Crippen LogP) is 5.28. The molecule has 2 aromatic rings. The summed E-state index contributed by atoms with van der Waals surface area (Å²) in [5.74, 6) is 0.216. The number of nitrogens with one attached hydrogen (secondary N) is 1. The molecule has 0 spiro atoms. The number of hydrogen-bond donors (Lipinski definition) is 1. The average molecular weight is 452 g/mol. The summed E-state index contributed by atoms with van der Waals surface area (Å²) in [6.45, 7) is 5.61. The first-order valence-corrected chi connectivity index (χ1v) is 13.4. The number of aryl methyl sites for hydroxylation is 1. The van der Waals surface area contributed by atoms with Crippen molar-refractivity contribution in [2.24, 2.45) is 0 Å². The van der Waals surface area contributed by atoms with Gasteiger partial charge in [0.25, 0.3) is 0 Å². The summed E-state index contributed by atoms with van der Waals surface area (Å²) < 4.78 is 0. The fraction of sp³-hybridized carbons (Fsp3) is 0.519. The molecule has 0 aromatic heterocycles. The molecule has 0 radical (unpaired) electrons. The molecule has 1 heterocycles. The summed E-state index contributed by atoms with van der Waals surface area (Å²) in [6.07, 6.45) is 9.48. The number of carbonyl (C=O) groups is 1. The van der Waals surface area contributed by atoms with E-state index in [-0.39, 0.29) is 11.9 Å². The van der Waals surface area contributed by atoms with Gasteiger partial charge in [-0.05, 0) is 68.2 Å². The largest absolute Gasteiger partial charge is 0.368 e. The lowest BCUT2D eigenvalue weighted by molar-refractivity contribution is -0.122.